The van der Waals surface area contributed by atoms with Gasteiger partial charge in [0.15, 0.2) is 0 Å². The van der Waals surface area contributed by atoms with Crippen molar-refractivity contribution in [2.45, 2.75) is 44.7 Å². The van der Waals surface area contributed by atoms with Gasteiger partial charge in [0.25, 0.3) is 0 Å². The SMILES string of the molecule is CCOC(=O)[C@@]1(Cc2ccccc2)C[C@H]2CC[C@@H]1N2c1nnc(N)s1. The van der Waals surface area contributed by atoms with Crippen LogP contribution >= 0.6 is 11.3 Å². The number of esters is 1. The van der Waals surface area contributed by atoms with Gasteiger partial charge in [0.1, 0.15) is 0 Å². The third-order valence-corrected chi connectivity index (χ3v) is 6.20. The molecule has 7 heteroatoms. The smallest absolute Gasteiger partial charge is 0.314 e. The molecule has 2 fully saturated rings. The summed E-state index contributed by atoms with van der Waals surface area (Å²) in [5, 5.41) is 9.48. The number of hydrogen-bond acceptors (Lipinski definition) is 7. The van der Waals surface area contributed by atoms with Crippen molar-refractivity contribution >= 4 is 27.6 Å². The first-order valence-corrected chi connectivity index (χ1v) is 9.54. The molecule has 2 aliphatic heterocycles. The van der Waals surface area contributed by atoms with E-state index in [1.165, 1.54) is 16.9 Å². The number of nitrogens with two attached hydrogens (primary N) is 1. The highest BCUT2D eigenvalue weighted by Crippen LogP contribution is 2.54. The summed E-state index contributed by atoms with van der Waals surface area (Å²) in [5.41, 5.74) is 6.42. The maximum atomic E-state index is 13.0. The fraction of sp³-hybridized carbons (Fsp3) is 0.500. The Kier molecular flexibility index (Phi) is 4.11. The predicted molar refractivity (Wildman–Crippen MR) is 97.4 cm³/mol. The molecule has 2 aliphatic rings. The Morgan fingerprint density at radius 1 is 1.36 bits per heavy atom. The second kappa shape index (κ2) is 6.29. The molecule has 2 saturated heterocycles. The summed E-state index contributed by atoms with van der Waals surface area (Å²) in [6, 6.07) is 10.6. The first-order valence-electron chi connectivity index (χ1n) is 8.72. The van der Waals surface area contributed by atoms with Gasteiger partial charge in [-0.05, 0) is 38.2 Å². The summed E-state index contributed by atoms with van der Waals surface area (Å²) in [6.45, 7) is 2.27. The van der Waals surface area contributed by atoms with E-state index in [2.05, 4.69) is 27.2 Å². The van der Waals surface area contributed by atoms with E-state index in [0.717, 1.165) is 24.4 Å². The van der Waals surface area contributed by atoms with Crippen LogP contribution in [-0.4, -0.2) is 34.9 Å². The Hall–Kier alpha value is -2.15. The standard InChI is InChI=1S/C18H22N4O2S/c1-2-24-15(23)18(10-12-6-4-3-5-7-12)11-13-8-9-14(18)22(13)17-21-20-16(19)25-17/h3-7,13-14H,2,8-11H2,1H3,(H2,19,20)/t13-,14+,18+/m1/s1. The molecule has 2 bridgehead atoms. The number of hydrogen-bond donors (Lipinski definition) is 1. The van der Waals surface area contributed by atoms with Crippen LogP contribution in [0.1, 0.15) is 31.7 Å². The van der Waals surface area contributed by atoms with Crippen LogP contribution in [0.4, 0.5) is 10.3 Å². The van der Waals surface area contributed by atoms with Crippen molar-refractivity contribution in [3.05, 3.63) is 35.9 Å². The third kappa shape index (κ3) is 2.66. The summed E-state index contributed by atoms with van der Waals surface area (Å²) in [5.74, 6) is -0.0893. The van der Waals surface area contributed by atoms with Crippen LogP contribution in [0.25, 0.3) is 0 Å². The molecule has 132 valence electrons. The molecule has 1 aromatic heterocycles. The van der Waals surface area contributed by atoms with Crippen molar-refractivity contribution in [2.24, 2.45) is 5.41 Å². The first-order chi connectivity index (χ1) is 12.1. The van der Waals surface area contributed by atoms with Gasteiger partial charge in [0.2, 0.25) is 10.3 Å². The van der Waals surface area contributed by atoms with Crippen LogP contribution in [0.2, 0.25) is 0 Å². The van der Waals surface area contributed by atoms with Crippen molar-refractivity contribution in [1.29, 1.82) is 0 Å². The van der Waals surface area contributed by atoms with Gasteiger partial charge in [-0.15, -0.1) is 10.2 Å². The number of aromatic nitrogens is 2. The fourth-order valence-corrected chi connectivity index (χ4v) is 5.25. The number of ether oxygens (including phenoxy) is 1. The number of anilines is 2. The van der Waals surface area contributed by atoms with Gasteiger partial charge in [-0.1, -0.05) is 41.7 Å². The molecule has 3 atom stereocenters. The first kappa shape index (κ1) is 16.3. The fourth-order valence-electron chi connectivity index (χ4n) is 4.52. The molecule has 0 aliphatic carbocycles. The van der Waals surface area contributed by atoms with Crippen LogP contribution in [-0.2, 0) is 16.0 Å². The van der Waals surface area contributed by atoms with Gasteiger partial charge in [-0.2, -0.15) is 0 Å². The summed E-state index contributed by atoms with van der Waals surface area (Å²) in [7, 11) is 0. The molecule has 0 unspecified atom stereocenters. The van der Waals surface area contributed by atoms with Gasteiger partial charge >= 0.3 is 5.97 Å². The molecule has 2 aromatic rings. The normalized spacial score (nSPS) is 27.6. The molecule has 0 radical (unpaired) electrons. The monoisotopic (exact) mass is 358 g/mol. The molecule has 0 saturated carbocycles. The van der Waals surface area contributed by atoms with Crippen LogP contribution in [0, 0.1) is 5.41 Å². The van der Waals surface area contributed by atoms with Crippen molar-refractivity contribution in [2.75, 3.05) is 17.2 Å². The Balaban J connectivity index is 1.71. The molecule has 0 spiro atoms. The molecule has 1 aromatic carbocycles. The minimum atomic E-state index is -0.527. The van der Waals surface area contributed by atoms with Crippen LogP contribution in [0.3, 0.4) is 0 Å². The van der Waals surface area contributed by atoms with Crippen molar-refractivity contribution in [3.63, 3.8) is 0 Å². The maximum absolute atomic E-state index is 13.0. The summed E-state index contributed by atoms with van der Waals surface area (Å²) in [4.78, 5) is 15.3. The van der Waals surface area contributed by atoms with Gasteiger partial charge in [-0.25, -0.2) is 0 Å². The minimum Gasteiger partial charge on any atom is -0.465 e. The Morgan fingerprint density at radius 3 is 2.84 bits per heavy atom. The lowest BCUT2D eigenvalue weighted by molar-refractivity contribution is -0.156. The number of fused-ring (bicyclic) bond motifs is 2. The van der Waals surface area contributed by atoms with E-state index in [4.69, 9.17) is 10.5 Å². The van der Waals surface area contributed by atoms with Gasteiger partial charge in [-0.3, -0.25) is 4.79 Å². The van der Waals surface area contributed by atoms with E-state index in [1.54, 1.807) is 0 Å². The van der Waals surface area contributed by atoms with Crippen molar-refractivity contribution < 1.29 is 9.53 Å². The largest absolute Gasteiger partial charge is 0.465 e. The Bertz CT molecular complexity index is 765. The second-order valence-corrected chi connectivity index (χ2v) is 7.81. The molecule has 25 heavy (non-hydrogen) atoms. The average Bonchev–Trinajstić information content (AvgIpc) is 3.29. The van der Waals surface area contributed by atoms with E-state index >= 15 is 0 Å². The summed E-state index contributed by atoms with van der Waals surface area (Å²) in [6.07, 6.45) is 3.53. The molecule has 3 heterocycles. The molecular weight excluding hydrogens is 336 g/mol. The second-order valence-electron chi connectivity index (χ2n) is 6.82. The minimum absolute atomic E-state index is 0.0871. The van der Waals surface area contributed by atoms with Crippen LogP contribution < -0.4 is 10.6 Å². The number of carbonyl (C=O) groups is 1. The lowest BCUT2D eigenvalue weighted by Gasteiger charge is -2.35. The molecule has 6 nitrogen and oxygen atoms in total. The van der Waals surface area contributed by atoms with E-state index < -0.39 is 5.41 Å². The lowest BCUT2D eigenvalue weighted by Crippen LogP contribution is -2.46. The van der Waals surface area contributed by atoms with Crippen LogP contribution in [0.5, 0.6) is 0 Å². The van der Waals surface area contributed by atoms with E-state index in [9.17, 15) is 4.79 Å². The predicted octanol–water partition coefficient (Wildman–Crippen LogP) is 2.65. The Morgan fingerprint density at radius 2 is 2.16 bits per heavy atom. The number of nitrogen functional groups attached to an aromatic ring is 1. The summed E-state index contributed by atoms with van der Waals surface area (Å²) >= 11 is 1.39. The maximum Gasteiger partial charge on any atom is 0.314 e. The Labute approximate surface area is 151 Å². The van der Waals surface area contributed by atoms with Crippen LogP contribution in [0.15, 0.2) is 30.3 Å². The topological polar surface area (TPSA) is 81.3 Å². The van der Waals surface area contributed by atoms with Crippen molar-refractivity contribution in [3.8, 4) is 0 Å². The zero-order chi connectivity index (χ0) is 17.4. The highest BCUT2D eigenvalue weighted by Gasteiger charge is 2.61. The van der Waals surface area contributed by atoms with E-state index in [-0.39, 0.29) is 12.0 Å². The van der Waals surface area contributed by atoms with E-state index in [1.807, 2.05) is 25.1 Å². The molecule has 0 amide bonds. The van der Waals surface area contributed by atoms with Crippen molar-refractivity contribution in [1.82, 2.24) is 10.2 Å². The number of benzene rings is 1. The van der Waals surface area contributed by atoms with E-state index in [0.29, 0.717) is 24.2 Å². The highest BCUT2D eigenvalue weighted by molar-refractivity contribution is 7.18. The molecular formula is C18H22N4O2S. The molecule has 2 N–H and O–H groups in total. The zero-order valence-corrected chi connectivity index (χ0v) is 15.0. The highest BCUT2D eigenvalue weighted by atomic mass is 32.1. The number of rotatable bonds is 5. The quantitative estimate of drug-likeness (QED) is 0.828. The van der Waals surface area contributed by atoms with Gasteiger partial charge < -0.3 is 15.4 Å². The molecule has 4 rings (SSSR count). The average molecular weight is 358 g/mol. The third-order valence-electron chi connectivity index (χ3n) is 5.44. The van der Waals surface area contributed by atoms with Gasteiger partial charge in [0, 0.05) is 12.1 Å². The number of carbonyl (C=O) groups excluding carboxylic acids is 1. The van der Waals surface area contributed by atoms with Gasteiger partial charge in [0.05, 0.1) is 12.0 Å². The summed E-state index contributed by atoms with van der Waals surface area (Å²) < 4.78 is 5.52. The number of nitrogens with zero attached hydrogens (tertiary/aromatic N) is 3. The lowest BCUT2D eigenvalue weighted by atomic mass is 9.70. The zero-order valence-electron chi connectivity index (χ0n) is 14.2.